The van der Waals surface area contributed by atoms with Crippen molar-refractivity contribution in [2.75, 3.05) is 49.3 Å². The van der Waals surface area contributed by atoms with Crippen LogP contribution in [0.5, 0.6) is 34.5 Å². The van der Waals surface area contributed by atoms with E-state index in [0.29, 0.717) is 40.7 Å². The first-order valence-corrected chi connectivity index (χ1v) is 38.1. The fourth-order valence-electron chi connectivity index (χ4n) is 11.9. The third kappa shape index (κ3) is 25.5. The second-order valence-electron chi connectivity index (χ2n) is 26.4. The predicted molar refractivity (Wildman–Crippen MR) is 477 cm³/mol. The van der Waals surface area contributed by atoms with Crippen molar-refractivity contribution in [2.24, 2.45) is 61.4 Å². The van der Waals surface area contributed by atoms with Crippen molar-refractivity contribution in [3.63, 3.8) is 0 Å². The van der Waals surface area contributed by atoms with E-state index in [-0.39, 0.29) is 5.97 Å². The number of azo groups is 6. The second kappa shape index (κ2) is 45.7. The smallest absolute Gasteiger partial charge is 0.338 e. The summed E-state index contributed by atoms with van der Waals surface area (Å²) in [5.41, 5.74) is 18.5. The molecule has 0 bridgehead atoms. The van der Waals surface area contributed by atoms with Gasteiger partial charge in [0.2, 0.25) is 0 Å². The number of hydrogen-bond donors (Lipinski definition) is 0. The summed E-state index contributed by atoms with van der Waals surface area (Å²) in [4.78, 5) is 15.3. The van der Waals surface area contributed by atoms with Gasteiger partial charge < -0.3 is 33.2 Å². The van der Waals surface area contributed by atoms with Crippen molar-refractivity contribution in [1.29, 1.82) is 0 Å². The van der Waals surface area contributed by atoms with E-state index in [9.17, 15) is 4.79 Å². The first-order valence-electron chi connectivity index (χ1n) is 38.1. The molecule has 21 nitrogen and oxygen atoms in total. The summed E-state index contributed by atoms with van der Waals surface area (Å²) in [5.74, 6) is 3.89. The van der Waals surface area contributed by atoms with E-state index in [1.54, 1.807) is 73.8 Å². The minimum Gasteiger partial charge on any atom is -0.494 e. The monoisotopic (exact) mass is 1580 g/mol. The van der Waals surface area contributed by atoms with Gasteiger partial charge in [0.25, 0.3) is 0 Å². The topological polar surface area (TPSA) is 234 Å². The minimum absolute atomic E-state index is 0.324. The Hall–Kier alpha value is -15.0. The number of nitrogens with zero attached hydrogens (tertiary/aromatic N) is 13. The normalized spacial score (nSPS) is 10.8. The molecule has 0 amide bonds. The maximum Gasteiger partial charge on any atom is 0.338 e. The third-order valence-corrected chi connectivity index (χ3v) is 18.3. The minimum atomic E-state index is -0.385. The lowest BCUT2D eigenvalue weighted by molar-refractivity contribution is 0.0526. The van der Waals surface area contributed by atoms with Crippen LogP contribution < -0.4 is 28.4 Å². The Morgan fingerprint density at radius 1 is 0.294 bits per heavy atom. The summed E-state index contributed by atoms with van der Waals surface area (Å²) >= 11 is 0. The molecule has 0 atom stereocenters. The van der Waals surface area contributed by atoms with Gasteiger partial charge in [0.1, 0.15) is 68.6 Å². The Morgan fingerprint density at radius 3 is 1.10 bits per heavy atom. The Bertz CT molecular complexity index is 5900. The number of carbonyl (C=O) groups excluding carboxylic acids is 1. The lowest BCUT2D eigenvalue weighted by atomic mass is 10.0. The highest BCUT2D eigenvalue weighted by Crippen LogP contribution is 2.42. The van der Waals surface area contributed by atoms with Crippen molar-refractivity contribution < 1.29 is 38.0 Å². The van der Waals surface area contributed by atoms with Gasteiger partial charge in [0.05, 0.1) is 95.5 Å². The van der Waals surface area contributed by atoms with Gasteiger partial charge in [-0.15, -0.1) is 30.7 Å². The number of fused-ring (bicyclic) bond motifs is 2. The summed E-state index contributed by atoms with van der Waals surface area (Å²) in [6.07, 6.45) is 0. The fraction of sp³-hybridized carbons (Fsp3) is 0.163. The quantitative estimate of drug-likeness (QED) is 0.0403. The van der Waals surface area contributed by atoms with Crippen LogP contribution in [0.1, 0.15) is 61.8 Å². The zero-order valence-electron chi connectivity index (χ0n) is 69.5. The first kappa shape index (κ1) is 87.9. The van der Waals surface area contributed by atoms with Crippen molar-refractivity contribution in [3.8, 4) is 34.5 Å². The Labute approximate surface area is 695 Å². The van der Waals surface area contributed by atoms with Gasteiger partial charge in [-0.1, -0.05) is 170 Å². The second-order valence-corrected chi connectivity index (χ2v) is 26.4. The Balaban J connectivity index is 0.000000163. The van der Waals surface area contributed by atoms with Crippen LogP contribution >= 0.6 is 0 Å². The lowest BCUT2D eigenvalue weighted by Crippen LogP contribution is -2.05. The Kier molecular flexibility index (Phi) is 33.8. The van der Waals surface area contributed by atoms with E-state index < -0.39 is 0 Å². The van der Waals surface area contributed by atoms with Gasteiger partial charge in [0.15, 0.2) is 5.69 Å². The number of ether oxygens (including phenoxy) is 7. The van der Waals surface area contributed by atoms with Gasteiger partial charge in [-0.05, 0) is 244 Å². The molecule has 0 unspecified atom stereocenters. The van der Waals surface area contributed by atoms with Gasteiger partial charge >= 0.3 is 5.97 Å². The van der Waals surface area contributed by atoms with Crippen molar-refractivity contribution in [2.45, 2.75) is 62.3 Å². The van der Waals surface area contributed by atoms with Crippen molar-refractivity contribution in [1.82, 2.24) is 0 Å². The molecule has 119 heavy (non-hydrogen) atoms. The zero-order chi connectivity index (χ0) is 84.8. The molecule has 0 heterocycles. The van der Waals surface area contributed by atoms with Gasteiger partial charge in [-0.25, -0.2) is 9.64 Å². The first-order chi connectivity index (χ1) is 57.9. The molecule has 0 saturated carbocycles. The summed E-state index contributed by atoms with van der Waals surface area (Å²) in [5, 5.41) is 55.5. The number of esters is 1. The van der Waals surface area contributed by atoms with Crippen LogP contribution in [0.25, 0.3) is 26.4 Å². The van der Waals surface area contributed by atoms with E-state index in [2.05, 4.69) is 111 Å². The third-order valence-electron chi connectivity index (χ3n) is 18.3. The largest absolute Gasteiger partial charge is 0.494 e. The van der Waals surface area contributed by atoms with Crippen LogP contribution in [0.15, 0.2) is 353 Å². The molecule has 0 saturated heterocycles. The lowest BCUT2D eigenvalue weighted by Gasteiger charge is -2.12. The van der Waals surface area contributed by atoms with E-state index >= 15 is 0 Å². The average molecular weight is 1580 g/mol. The summed E-state index contributed by atoms with van der Waals surface area (Å²) in [6.45, 7) is 25.2. The van der Waals surface area contributed by atoms with Crippen LogP contribution in [0, 0.1) is 62.0 Å². The van der Waals surface area contributed by atoms with Crippen LogP contribution in [0.4, 0.5) is 73.9 Å². The number of benzene rings is 14. The van der Waals surface area contributed by atoms with Crippen LogP contribution in [-0.2, 0) is 4.74 Å². The van der Waals surface area contributed by atoms with E-state index in [4.69, 9.17) is 39.7 Å². The fourth-order valence-corrected chi connectivity index (χ4v) is 11.9. The van der Waals surface area contributed by atoms with Crippen LogP contribution in [-0.4, -0.2) is 55.2 Å². The maximum absolute atomic E-state index is 11.9. The molecule has 0 spiro atoms. The molecular formula is C98H95N13O8. The molecule has 21 heteroatoms. The number of methoxy groups -OCH3 is 6. The SMILES string of the molecule is CCOC(=O)c1cc(C)c(OC)c(N=Nc2ccccc2)c1.COc1c(C)cc(C)c(C)c1N=Nc1ccccc1.COc1c(N=Nc2ccccc2)cc(C)c(C)c1C.COc1cc2ccccc2cc1N=Nc1ccccc1.COc1ccc2ccccc2c1N=Nc1ccccc1.[C-]#[N+]c1cc(C)c(OC)c(N=Nc2ccccc2)c1. The number of aryl methyl sites for hydroxylation is 5. The highest BCUT2D eigenvalue weighted by molar-refractivity contribution is 5.95. The van der Waals surface area contributed by atoms with Crippen LogP contribution in [0.3, 0.4) is 0 Å². The summed E-state index contributed by atoms with van der Waals surface area (Å²) in [6, 6.07) is 92.5. The number of carbonyl (C=O) groups is 1. The molecular weight excluding hydrogens is 1490 g/mol. The molecule has 0 N–H and O–H groups in total. The van der Waals surface area contributed by atoms with E-state index in [1.807, 2.05) is 277 Å². The molecule has 0 radical (unpaired) electrons. The standard InChI is InChI=1S/C17H18N2O3.2C17H14N2O.2C16H18N2O.C15H13N3O/c1-4-22-17(20)13-10-12(2)16(21-3)15(11-13)19-18-14-8-6-5-7-9-14;1-20-17-12-14-8-6-5-7-13(14)11-16(17)19-18-15-9-3-2-4-10-15;1-20-16-12-11-13-7-5-6-10-15(13)17(16)19-18-14-8-3-2-4-9-14;1-11-10-15(16(19-4)13(3)12(11)2)18-17-14-8-6-5-7-9-14;1-11-10-12(2)16(19-4)15(13(11)3)18-17-14-8-6-5-7-9-14;1-11-9-13(16-2)10-14(15(11)19-3)18-17-12-7-5-4-6-8-12/h5-11H,4H2,1-3H3;2*2-12H,1H3;2*5-10H,1-4H3;4-10H,1,3H3. The molecule has 14 rings (SSSR count). The number of hydrogen-bond acceptors (Lipinski definition) is 20. The maximum atomic E-state index is 11.9. The van der Waals surface area contributed by atoms with Gasteiger partial charge in [0, 0.05) is 5.39 Å². The van der Waals surface area contributed by atoms with E-state index in [1.165, 1.54) is 16.7 Å². The molecule has 0 fully saturated rings. The predicted octanol–water partition coefficient (Wildman–Crippen LogP) is 30.2. The number of rotatable bonds is 20. The van der Waals surface area contributed by atoms with Gasteiger partial charge in [-0.3, -0.25) is 0 Å². The highest BCUT2D eigenvalue weighted by Gasteiger charge is 2.17. The van der Waals surface area contributed by atoms with Crippen LogP contribution in [0.2, 0.25) is 0 Å². The van der Waals surface area contributed by atoms with E-state index in [0.717, 1.165) is 129 Å². The Morgan fingerprint density at radius 2 is 0.664 bits per heavy atom. The molecule has 0 aliphatic carbocycles. The van der Waals surface area contributed by atoms with Gasteiger partial charge in [-0.2, -0.15) is 30.7 Å². The molecule has 0 aliphatic heterocycles. The zero-order valence-corrected chi connectivity index (χ0v) is 69.5. The molecule has 14 aromatic rings. The molecule has 0 aliphatic rings. The van der Waals surface area contributed by atoms with Crippen molar-refractivity contribution in [3.05, 3.63) is 353 Å². The molecule has 14 aromatic carbocycles. The summed E-state index contributed by atoms with van der Waals surface area (Å²) < 4.78 is 37.4. The highest BCUT2D eigenvalue weighted by atomic mass is 16.5. The molecule has 600 valence electrons. The molecule has 0 aromatic heterocycles. The average Bonchev–Trinajstić information content (AvgIpc) is 0.811. The summed E-state index contributed by atoms with van der Waals surface area (Å²) in [7, 11) is 9.77. The van der Waals surface area contributed by atoms with Crippen molar-refractivity contribution >= 4 is 101 Å².